The van der Waals surface area contributed by atoms with Crippen molar-refractivity contribution in [3.05, 3.63) is 23.8 Å². The number of halogens is 1. The van der Waals surface area contributed by atoms with Gasteiger partial charge in [0.05, 0.1) is 19.8 Å². The fraction of sp³-hybridized carbons (Fsp3) is 0.632. The molecule has 1 aromatic rings. The Morgan fingerprint density at radius 3 is 2.77 bits per heavy atom. The van der Waals surface area contributed by atoms with Crippen LogP contribution >= 0.6 is 24.0 Å². The minimum atomic E-state index is 0. The molecule has 1 aliphatic carbocycles. The van der Waals surface area contributed by atoms with Gasteiger partial charge >= 0.3 is 0 Å². The number of phenolic OH excluding ortho intramolecular Hbond substituents is 1. The van der Waals surface area contributed by atoms with Gasteiger partial charge in [-0.15, -0.1) is 24.0 Å². The van der Waals surface area contributed by atoms with Gasteiger partial charge in [-0.1, -0.05) is 6.07 Å². The summed E-state index contributed by atoms with van der Waals surface area (Å²) in [4.78, 5) is 6.76. The Balaban J connectivity index is 0.00000338. The summed E-state index contributed by atoms with van der Waals surface area (Å²) in [5.41, 5.74) is 0.995. The Hall–Kier alpha value is -1.22. The standard InChI is InChI=1S/C19H31N3O3.HI/c1-4-20-19(22(3)10-11-24-14-15-6-7-15)21-13-16-8-9-17(23)18(12-16)25-5-2;/h8-9,12,15,23H,4-7,10-11,13-14H2,1-3H3,(H,20,21);1H. The molecule has 6 nitrogen and oxygen atoms in total. The molecule has 2 N–H and O–H groups in total. The van der Waals surface area contributed by atoms with Crippen molar-refractivity contribution in [1.82, 2.24) is 10.2 Å². The molecule has 0 aromatic heterocycles. The molecule has 0 bridgehead atoms. The number of ether oxygens (including phenoxy) is 2. The molecule has 0 aliphatic heterocycles. The lowest BCUT2D eigenvalue weighted by Gasteiger charge is -2.22. The molecule has 1 fully saturated rings. The van der Waals surface area contributed by atoms with Gasteiger partial charge in [0, 0.05) is 26.7 Å². The van der Waals surface area contributed by atoms with Gasteiger partial charge in [0.25, 0.3) is 0 Å². The molecule has 1 aromatic carbocycles. The highest BCUT2D eigenvalue weighted by Crippen LogP contribution is 2.28. The first-order chi connectivity index (χ1) is 12.1. The molecular formula is C19H32IN3O3. The maximum atomic E-state index is 9.78. The molecule has 0 heterocycles. The fourth-order valence-corrected chi connectivity index (χ4v) is 2.41. The minimum absolute atomic E-state index is 0. The Bertz CT molecular complexity index is 565. The van der Waals surface area contributed by atoms with Crippen LogP contribution in [-0.2, 0) is 11.3 Å². The first kappa shape index (κ1) is 22.8. The van der Waals surface area contributed by atoms with E-state index >= 15 is 0 Å². The molecule has 1 aliphatic rings. The van der Waals surface area contributed by atoms with E-state index in [0.717, 1.165) is 37.1 Å². The third kappa shape index (κ3) is 7.99. The summed E-state index contributed by atoms with van der Waals surface area (Å²) in [6.07, 6.45) is 2.63. The zero-order chi connectivity index (χ0) is 18.1. The largest absolute Gasteiger partial charge is 0.504 e. The van der Waals surface area contributed by atoms with Crippen LogP contribution in [0, 0.1) is 5.92 Å². The number of likely N-dealkylation sites (N-methyl/N-ethyl adjacent to an activating group) is 1. The van der Waals surface area contributed by atoms with Gasteiger partial charge < -0.3 is 24.8 Å². The van der Waals surface area contributed by atoms with Crippen LogP contribution in [0.1, 0.15) is 32.3 Å². The molecule has 26 heavy (non-hydrogen) atoms. The van der Waals surface area contributed by atoms with Crippen molar-refractivity contribution >= 4 is 29.9 Å². The van der Waals surface area contributed by atoms with E-state index in [-0.39, 0.29) is 29.7 Å². The Labute approximate surface area is 174 Å². The van der Waals surface area contributed by atoms with Gasteiger partial charge in [-0.05, 0) is 50.3 Å². The molecule has 7 heteroatoms. The second-order valence-electron chi connectivity index (χ2n) is 6.35. The summed E-state index contributed by atoms with van der Waals surface area (Å²) in [5.74, 6) is 2.30. The number of benzene rings is 1. The lowest BCUT2D eigenvalue weighted by molar-refractivity contribution is 0.115. The molecular weight excluding hydrogens is 445 g/mol. The maximum absolute atomic E-state index is 9.78. The predicted molar refractivity (Wildman–Crippen MR) is 116 cm³/mol. The van der Waals surface area contributed by atoms with Gasteiger partial charge in [-0.2, -0.15) is 0 Å². The highest BCUT2D eigenvalue weighted by atomic mass is 127. The molecule has 2 rings (SSSR count). The van der Waals surface area contributed by atoms with Crippen molar-refractivity contribution in [1.29, 1.82) is 0 Å². The van der Waals surface area contributed by atoms with Gasteiger partial charge in [0.2, 0.25) is 0 Å². The highest BCUT2D eigenvalue weighted by Gasteiger charge is 2.21. The van der Waals surface area contributed by atoms with Crippen molar-refractivity contribution in [2.75, 3.05) is 40.0 Å². The third-order valence-electron chi connectivity index (χ3n) is 4.05. The summed E-state index contributed by atoms with van der Waals surface area (Å²) in [6, 6.07) is 5.35. The van der Waals surface area contributed by atoms with Gasteiger partial charge in [-0.25, -0.2) is 4.99 Å². The fourth-order valence-electron chi connectivity index (χ4n) is 2.41. The maximum Gasteiger partial charge on any atom is 0.194 e. The van der Waals surface area contributed by atoms with E-state index in [1.807, 2.05) is 26.1 Å². The first-order valence-corrected chi connectivity index (χ1v) is 9.15. The van der Waals surface area contributed by atoms with Crippen LogP contribution < -0.4 is 10.1 Å². The van der Waals surface area contributed by atoms with E-state index in [4.69, 9.17) is 9.47 Å². The quantitative estimate of drug-likeness (QED) is 0.235. The second kappa shape index (κ2) is 12.2. The zero-order valence-corrected chi connectivity index (χ0v) is 18.4. The number of nitrogens with one attached hydrogen (secondary N) is 1. The number of rotatable bonds is 10. The molecule has 0 amide bonds. The third-order valence-corrected chi connectivity index (χ3v) is 4.05. The zero-order valence-electron chi connectivity index (χ0n) is 16.0. The predicted octanol–water partition coefficient (Wildman–Crippen LogP) is 3.23. The molecule has 148 valence electrons. The monoisotopic (exact) mass is 477 g/mol. The van der Waals surface area contributed by atoms with Crippen LogP contribution in [-0.4, -0.2) is 55.9 Å². The molecule has 0 saturated heterocycles. The number of aromatic hydroxyl groups is 1. The summed E-state index contributed by atoms with van der Waals surface area (Å²) in [5, 5.41) is 13.1. The lowest BCUT2D eigenvalue weighted by atomic mass is 10.2. The van der Waals surface area contributed by atoms with Gasteiger partial charge in [0.1, 0.15) is 0 Å². The van der Waals surface area contributed by atoms with E-state index in [9.17, 15) is 5.11 Å². The SMILES string of the molecule is CCNC(=NCc1ccc(O)c(OCC)c1)N(C)CCOCC1CC1.I. The van der Waals surface area contributed by atoms with Crippen LogP contribution in [0.2, 0.25) is 0 Å². The van der Waals surface area contributed by atoms with Gasteiger partial charge in [0.15, 0.2) is 17.5 Å². The molecule has 0 unspecified atom stereocenters. The summed E-state index contributed by atoms with van der Waals surface area (Å²) < 4.78 is 11.1. The summed E-state index contributed by atoms with van der Waals surface area (Å²) >= 11 is 0. The number of nitrogens with zero attached hydrogens (tertiary/aromatic N) is 2. The Kier molecular flexibility index (Phi) is 10.7. The van der Waals surface area contributed by atoms with Crippen molar-refractivity contribution in [2.45, 2.75) is 33.2 Å². The van der Waals surface area contributed by atoms with E-state index in [1.54, 1.807) is 6.07 Å². The van der Waals surface area contributed by atoms with Crippen molar-refractivity contribution in [3.8, 4) is 11.5 Å². The van der Waals surface area contributed by atoms with Crippen LogP contribution in [0.25, 0.3) is 0 Å². The summed E-state index contributed by atoms with van der Waals surface area (Å²) in [6.45, 7) is 8.21. The molecule has 0 spiro atoms. The molecule has 1 saturated carbocycles. The number of hydrogen-bond donors (Lipinski definition) is 2. The van der Waals surface area contributed by atoms with E-state index in [0.29, 0.717) is 25.5 Å². The van der Waals surface area contributed by atoms with E-state index in [2.05, 4.69) is 22.1 Å². The number of aliphatic imine (C=N–C) groups is 1. The number of phenols is 1. The number of guanidine groups is 1. The highest BCUT2D eigenvalue weighted by molar-refractivity contribution is 14.0. The topological polar surface area (TPSA) is 66.3 Å². The van der Waals surface area contributed by atoms with Crippen LogP contribution in [0.3, 0.4) is 0 Å². The average molecular weight is 477 g/mol. The van der Waals surface area contributed by atoms with E-state index in [1.165, 1.54) is 12.8 Å². The summed E-state index contributed by atoms with van der Waals surface area (Å²) in [7, 11) is 2.02. The van der Waals surface area contributed by atoms with E-state index < -0.39 is 0 Å². The van der Waals surface area contributed by atoms with Gasteiger partial charge in [-0.3, -0.25) is 0 Å². The van der Waals surface area contributed by atoms with Crippen LogP contribution in [0.4, 0.5) is 0 Å². The Morgan fingerprint density at radius 2 is 2.12 bits per heavy atom. The lowest BCUT2D eigenvalue weighted by Crippen LogP contribution is -2.40. The smallest absolute Gasteiger partial charge is 0.194 e. The first-order valence-electron chi connectivity index (χ1n) is 9.15. The normalized spacial score (nSPS) is 13.9. The molecule has 0 atom stereocenters. The van der Waals surface area contributed by atoms with Crippen molar-refractivity contribution in [2.24, 2.45) is 10.9 Å². The Morgan fingerprint density at radius 1 is 1.35 bits per heavy atom. The average Bonchev–Trinajstić information content (AvgIpc) is 3.42. The minimum Gasteiger partial charge on any atom is -0.504 e. The number of hydrogen-bond acceptors (Lipinski definition) is 4. The molecule has 0 radical (unpaired) electrons. The van der Waals surface area contributed by atoms with Crippen LogP contribution in [0.15, 0.2) is 23.2 Å². The van der Waals surface area contributed by atoms with Crippen molar-refractivity contribution < 1.29 is 14.6 Å². The van der Waals surface area contributed by atoms with Crippen LogP contribution in [0.5, 0.6) is 11.5 Å². The van der Waals surface area contributed by atoms with Crippen molar-refractivity contribution in [3.63, 3.8) is 0 Å². The second-order valence-corrected chi connectivity index (χ2v) is 6.35.